The van der Waals surface area contributed by atoms with Crippen LogP contribution in [0.1, 0.15) is 13.8 Å². The van der Waals surface area contributed by atoms with E-state index < -0.39 is 0 Å². The van der Waals surface area contributed by atoms with Gasteiger partial charge in [-0.15, -0.1) is 0 Å². The SMILES string of the molecule is CC1CN(I)C[C@@H](C)N1C. The summed E-state index contributed by atoms with van der Waals surface area (Å²) < 4.78 is 2.37. The molecule has 0 aliphatic carbocycles. The minimum atomic E-state index is 0.709. The highest BCUT2D eigenvalue weighted by molar-refractivity contribution is 14.1. The Hall–Kier alpha value is 0.650. The molecule has 1 fully saturated rings. The molecule has 2 nitrogen and oxygen atoms in total. The fraction of sp³-hybridized carbons (Fsp3) is 1.00. The highest BCUT2D eigenvalue weighted by atomic mass is 127. The average Bonchev–Trinajstić information content (AvgIpc) is 1.82. The molecular formula is C7H15IN2. The Kier molecular flexibility index (Phi) is 2.94. The summed E-state index contributed by atoms with van der Waals surface area (Å²) in [6.45, 7) is 6.95. The van der Waals surface area contributed by atoms with Crippen molar-refractivity contribution in [2.75, 3.05) is 20.1 Å². The van der Waals surface area contributed by atoms with Crippen LogP contribution in [-0.4, -0.2) is 40.2 Å². The van der Waals surface area contributed by atoms with Crippen LogP contribution in [0.4, 0.5) is 0 Å². The van der Waals surface area contributed by atoms with Crippen molar-refractivity contribution in [3.05, 3.63) is 0 Å². The molecular weight excluding hydrogens is 239 g/mol. The van der Waals surface area contributed by atoms with Crippen molar-refractivity contribution < 1.29 is 0 Å². The summed E-state index contributed by atoms with van der Waals surface area (Å²) in [6.07, 6.45) is 0. The number of halogens is 1. The highest BCUT2D eigenvalue weighted by Crippen LogP contribution is 2.15. The zero-order valence-corrected chi connectivity index (χ0v) is 9.00. The van der Waals surface area contributed by atoms with Gasteiger partial charge in [0.1, 0.15) is 0 Å². The molecule has 60 valence electrons. The third-order valence-electron chi connectivity index (χ3n) is 2.32. The third kappa shape index (κ3) is 1.83. The number of rotatable bonds is 0. The maximum Gasteiger partial charge on any atom is 0.0235 e. The molecule has 1 aliphatic rings. The number of nitrogens with zero attached hydrogens (tertiary/aromatic N) is 2. The van der Waals surface area contributed by atoms with Crippen LogP contribution in [0.3, 0.4) is 0 Å². The van der Waals surface area contributed by atoms with Gasteiger partial charge in [0.05, 0.1) is 0 Å². The van der Waals surface area contributed by atoms with Gasteiger partial charge in [0.2, 0.25) is 0 Å². The van der Waals surface area contributed by atoms with E-state index in [9.17, 15) is 0 Å². The Bertz CT molecular complexity index is 106. The van der Waals surface area contributed by atoms with Crippen molar-refractivity contribution in [2.24, 2.45) is 0 Å². The lowest BCUT2D eigenvalue weighted by atomic mass is 10.1. The van der Waals surface area contributed by atoms with E-state index in [0.717, 1.165) is 0 Å². The van der Waals surface area contributed by atoms with E-state index in [2.05, 4.69) is 51.8 Å². The summed E-state index contributed by atoms with van der Waals surface area (Å²) >= 11 is 2.40. The fourth-order valence-corrected chi connectivity index (χ4v) is 2.48. The van der Waals surface area contributed by atoms with Crippen molar-refractivity contribution in [2.45, 2.75) is 25.9 Å². The van der Waals surface area contributed by atoms with Gasteiger partial charge in [-0.2, -0.15) is 0 Å². The van der Waals surface area contributed by atoms with Gasteiger partial charge in [-0.25, -0.2) is 3.11 Å². The topological polar surface area (TPSA) is 6.48 Å². The second-order valence-corrected chi connectivity index (χ2v) is 4.56. The van der Waals surface area contributed by atoms with E-state index in [1.165, 1.54) is 13.1 Å². The summed E-state index contributed by atoms with van der Waals surface area (Å²) in [5, 5.41) is 0. The molecule has 2 atom stereocenters. The van der Waals surface area contributed by atoms with Gasteiger partial charge >= 0.3 is 0 Å². The monoisotopic (exact) mass is 254 g/mol. The molecule has 1 heterocycles. The Morgan fingerprint density at radius 3 is 2.00 bits per heavy atom. The zero-order valence-electron chi connectivity index (χ0n) is 6.84. The number of piperazine rings is 1. The Balaban J connectivity index is 2.49. The van der Waals surface area contributed by atoms with Crippen molar-refractivity contribution >= 4 is 22.9 Å². The van der Waals surface area contributed by atoms with E-state index >= 15 is 0 Å². The van der Waals surface area contributed by atoms with Gasteiger partial charge in [-0.05, 0) is 20.9 Å². The van der Waals surface area contributed by atoms with Crippen LogP contribution >= 0.6 is 22.9 Å². The second-order valence-electron chi connectivity index (χ2n) is 3.19. The Morgan fingerprint density at radius 2 is 1.60 bits per heavy atom. The standard InChI is InChI=1S/C7H15IN2/c1-6-4-10(8)5-7(2)9(6)3/h6-7H,4-5H2,1-3H3/t6-,7?/m1/s1. The smallest absolute Gasteiger partial charge is 0.0235 e. The molecule has 0 aromatic heterocycles. The van der Waals surface area contributed by atoms with E-state index in [0.29, 0.717) is 12.1 Å². The largest absolute Gasteiger partial charge is 0.298 e. The van der Waals surface area contributed by atoms with Crippen molar-refractivity contribution in [1.82, 2.24) is 8.01 Å². The summed E-state index contributed by atoms with van der Waals surface area (Å²) in [6, 6.07) is 1.42. The highest BCUT2D eigenvalue weighted by Gasteiger charge is 2.24. The lowest BCUT2D eigenvalue weighted by Crippen LogP contribution is -2.51. The van der Waals surface area contributed by atoms with Crippen LogP contribution in [0, 0.1) is 0 Å². The van der Waals surface area contributed by atoms with E-state index in [1.807, 2.05) is 0 Å². The van der Waals surface area contributed by atoms with Gasteiger partial charge < -0.3 is 0 Å². The summed E-state index contributed by atoms with van der Waals surface area (Å²) in [4.78, 5) is 2.44. The molecule has 1 unspecified atom stereocenters. The lowest BCUT2D eigenvalue weighted by Gasteiger charge is -2.39. The van der Waals surface area contributed by atoms with Gasteiger partial charge in [-0.1, -0.05) is 0 Å². The third-order valence-corrected chi connectivity index (χ3v) is 3.10. The van der Waals surface area contributed by atoms with Crippen LogP contribution in [0.15, 0.2) is 0 Å². The lowest BCUT2D eigenvalue weighted by molar-refractivity contribution is 0.119. The predicted octanol–water partition coefficient (Wildman–Crippen LogP) is 1.36. The van der Waals surface area contributed by atoms with Crippen LogP contribution < -0.4 is 0 Å². The van der Waals surface area contributed by atoms with Crippen LogP contribution in [-0.2, 0) is 0 Å². The first-order valence-electron chi connectivity index (χ1n) is 3.74. The van der Waals surface area contributed by atoms with Crippen LogP contribution in [0.25, 0.3) is 0 Å². The summed E-state index contributed by atoms with van der Waals surface area (Å²) in [7, 11) is 2.21. The maximum atomic E-state index is 2.44. The molecule has 0 radical (unpaired) electrons. The number of hydrogen-bond acceptors (Lipinski definition) is 2. The molecule has 0 N–H and O–H groups in total. The van der Waals surface area contributed by atoms with Crippen molar-refractivity contribution in [3.8, 4) is 0 Å². The summed E-state index contributed by atoms with van der Waals surface area (Å²) in [5.41, 5.74) is 0. The molecule has 10 heavy (non-hydrogen) atoms. The van der Waals surface area contributed by atoms with E-state index in [1.54, 1.807) is 0 Å². The van der Waals surface area contributed by atoms with E-state index in [4.69, 9.17) is 0 Å². The molecule has 1 saturated heterocycles. The Labute approximate surface area is 77.1 Å². The second kappa shape index (κ2) is 3.36. The van der Waals surface area contributed by atoms with E-state index in [-0.39, 0.29) is 0 Å². The molecule has 0 bridgehead atoms. The molecule has 0 amide bonds. The van der Waals surface area contributed by atoms with Crippen LogP contribution in [0.5, 0.6) is 0 Å². The Morgan fingerprint density at radius 1 is 1.20 bits per heavy atom. The van der Waals surface area contributed by atoms with Gasteiger partial charge in [-0.3, -0.25) is 4.90 Å². The quantitative estimate of drug-likeness (QED) is 0.475. The predicted molar refractivity (Wildman–Crippen MR) is 52.3 cm³/mol. The molecule has 3 heteroatoms. The fourth-order valence-electron chi connectivity index (χ4n) is 1.34. The van der Waals surface area contributed by atoms with Gasteiger partial charge in [0.25, 0.3) is 0 Å². The van der Waals surface area contributed by atoms with Gasteiger partial charge in [0, 0.05) is 48.0 Å². The van der Waals surface area contributed by atoms with Crippen molar-refractivity contribution in [3.63, 3.8) is 0 Å². The first kappa shape index (κ1) is 8.74. The molecule has 0 spiro atoms. The molecule has 0 saturated carbocycles. The molecule has 0 aromatic rings. The molecule has 1 aliphatic heterocycles. The first-order chi connectivity index (χ1) is 4.61. The summed E-state index contributed by atoms with van der Waals surface area (Å²) in [5.74, 6) is 0. The average molecular weight is 254 g/mol. The first-order valence-corrected chi connectivity index (χ1v) is 4.70. The maximum absolute atomic E-state index is 2.44. The van der Waals surface area contributed by atoms with Crippen LogP contribution in [0.2, 0.25) is 0 Å². The van der Waals surface area contributed by atoms with Crippen molar-refractivity contribution in [1.29, 1.82) is 0 Å². The zero-order chi connectivity index (χ0) is 7.72. The number of likely N-dealkylation sites (N-methyl/N-ethyl adjacent to an activating group) is 1. The minimum absolute atomic E-state index is 0.709. The number of hydrogen-bond donors (Lipinski definition) is 0. The minimum Gasteiger partial charge on any atom is -0.298 e. The van der Waals surface area contributed by atoms with Gasteiger partial charge in [0.15, 0.2) is 0 Å². The normalized spacial score (nSPS) is 38.4. The molecule has 0 aromatic carbocycles. The molecule has 1 rings (SSSR count).